The summed E-state index contributed by atoms with van der Waals surface area (Å²) in [6, 6.07) is 1.76. The molecule has 0 spiro atoms. The van der Waals surface area contributed by atoms with Crippen LogP contribution in [0.4, 0.5) is 5.95 Å². The van der Waals surface area contributed by atoms with E-state index in [0.29, 0.717) is 35.7 Å². The summed E-state index contributed by atoms with van der Waals surface area (Å²) in [6.45, 7) is 8.61. The minimum Gasteiger partial charge on any atom is -0.332 e. The minimum absolute atomic E-state index is 0.305. The Morgan fingerprint density at radius 3 is 2.15 bits per heavy atom. The zero-order valence-corrected chi connectivity index (χ0v) is 17.1. The first-order valence-electron chi connectivity index (χ1n) is 10.8. The maximum atomic E-state index is 11.5. The molecule has 1 saturated carbocycles. The van der Waals surface area contributed by atoms with E-state index in [4.69, 9.17) is 9.97 Å². The lowest BCUT2D eigenvalue weighted by Crippen LogP contribution is -2.56. The fourth-order valence-electron chi connectivity index (χ4n) is 5.38. The number of fused-ring (bicyclic) bond motifs is 2. The molecule has 0 amide bonds. The van der Waals surface area contributed by atoms with Crippen LogP contribution in [0.25, 0.3) is 0 Å². The van der Waals surface area contributed by atoms with Gasteiger partial charge in [0.25, 0.3) is 0 Å². The zero-order chi connectivity index (χ0) is 19.0. The number of likely N-dealkylation sites (tertiary alicyclic amines) is 1. The van der Waals surface area contributed by atoms with Crippen molar-refractivity contribution in [2.45, 2.75) is 83.8 Å². The number of Topliss-reactive ketones (excluding diaryl/α,β-unsaturated/α-hetero) is 1. The predicted octanol–water partition coefficient (Wildman–Crippen LogP) is 3.48. The van der Waals surface area contributed by atoms with Crippen molar-refractivity contribution in [3.63, 3.8) is 0 Å². The molecule has 2 unspecified atom stereocenters. The number of carbonyl (C=O) groups is 1. The smallest absolute Gasteiger partial charge is 0.225 e. The average molecular weight is 371 g/mol. The third kappa shape index (κ3) is 4.03. The van der Waals surface area contributed by atoms with Crippen molar-refractivity contribution in [1.29, 1.82) is 0 Å². The molecule has 0 aromatic carbocycles. The van der Waals surface area contributed by atoms with Crippen LogP contribution in [0.15, 0.2) is 12.4 Å². The normalized spacial score (nSPS) is 31.5. The van der Waals surface area contributed by atoms with E-state index < -0.39 is 0 Å². The molecule has 5 heteroatoms. The van der Waals surface area contributed by atoms with Crippen molar-refractivity contribution >= 4 is 11.7 Å². The van der Waals surface area contributed by atoms with Gasteiger partial charge >= 0.3 is 0 Å². The van der Waals surface area contributed by atoms with Crippen LogP contribution in [-0.4, -0.2) is 51.9 Å². The SMILES string of the molecule is CC(=O)C1CCC(Cc2cnc(N3C4CCC3CN(C(C)C)C4)nc2)CC1. The van der Waals surface area contributed by atoms with Gasteiger partial charge in [-0.1, -0.05) is 0 Å². The van der Waals surface area contributed by atoms with Crippen LogP contribution in [0, 0.1) is 11.8 Å². The molecule has 2 atom stereocenters. The standard InChI is InChI=1S/C22H34N4O/c1-15(2)25-13-20-8-9-21(14-25)26(20)22-23-11-18(12-24-22)10-17-4-6-19(7-5-17)16(3)27/h11-12,15,17,19-21H,4-10,13-14H2,1-3H3. The highest BCUT2D eigenvalue weighted by atomic mass is 16.1. The molecule has 0 N–H and O–H groups in total. The van der Waals surface area contributed by atoms with E-state index in [2.05, 4.69) is 23.6 Å². The summed E-state index contributed by atoms with van der Waals surface area (Å²) >= 11 is 0. The summed E-state index contributed by atoms with van der Waals surface area (Å²) in [5.41, 5.74) is 1.25. The summed E-state index contributed by atoms with van der Waals surface area (Å²) in [6.07, 6.45) is 12.1. The second-order valence-electron chi connectivity index (χ2n) is 9.26. The van der Waals surface area contributed by atoms with Crippen LogP contribution in [0.1, 0.15) is 64.9 Å². The van der Waals surface area contributed by atoms with Gasteiger partial charge in [-0.05, 0) is 77.2 Å². The first-order valence-corrected chi connectivity index (χ1v) is 10.8. The Balaban J connectivity index is 1.35. The third-order valence-corrected chi connectivity index (χ3v) is 7.11. The van der Waals surface area contributed by atoms with Crippen LogP contribution in [0.5, 0.6) is 0 Å². The van der Waals surface area contributed by atoms with E-state index >= 15 is 0 Å². The Labute approximate surface area is 163 Å². The second-order valence-corrected chi connectivity index (χ2v) is 9.26. The summed E-state index contributed by atoms with van der Waals surface area (Å²) in [4.78, 5) is 26.2. The Bertz CT molecular complexity index is 637. The summed E-state index contributed by atoms with van der Waals surface area (Å²) < 4.78 is 0. The summed E-state index contributed by atoms with van der Waals surface area (Å²) in [5.74, 6) is 2.28. The van der Waals surface area contributed by atoms with E-state index in [9.17, 15) is 4.79 Å². The van der Waals surface area contributed by atoms with Crippen LogP contribution < -0.4 is 4.90 Å². The number of anilines is 1. The average Bonchev–Trinajstić information content (AvgIpc) is 2.92. The molecule has 148 valence electrons. The summed E-state index contributed by atoms with van der Waals surface area (Å²) in [7, 11) is 0. The van der Waals surface area contributed by atoms with Crippen molar-refractivity contribution in [3.05, 3.63) is 18.0 Å². The van der Waals surface area contributed by atoms with Gasteiger partial charge in [0.1, 0.15) is 5.78 Å². The Morgan fingerprint density at radius 2 is 1.63 bits per heavy atom. The second kappa shape index (κ2) is 7.86. The van der Waals surface area contributed by atoms with E-state index in [1.807, 2.05) is 12.4 Å². The highest BCUT2D eigenvalue weighted by molar-refractivity contribution is 5.78. The first kappa shape index (κ1) is 18.9. The topological polar surface area (TPSA) is 49.3 Å². The number of hydrogen-bond acceptors (Lipinski definition) is 5. The number of piperazine rings is 1. The lowest BCUT2D eigenvalue weighted by molar-refractivity contribution is -0.121. The maximum Gasteiger partial charge on any atom is 0.225 e. The van der Waals surface area contributed by atoms with E-state index in [0.717, 1.165) is 51.1 Å². The number of carbonyl (C=O) groups excluding carboxylic acids is 1. The minimum atomic E-state index is 0.305. The van der Waals surface area contributed by atoms with E-state index in [1.165, 1.54) is 18.4 Å². The Morgan fingerprint density at radius 1 is 1.04 bits per heavy atom. The molecule has 3 fully saturated rings. The number of nitrogens with zero attached hydrogens (tertiary/aromatic N) is 4. The molecule has 2 bridgehead atoms. The van der Waals surface area contributed by atoms with Gasteiger partial charge in [0.15, 0.2) is 0 Å². The van der Waals surface area contributed by atoms with E-state index in [-0.39, 0.29) is 0 Å². The Kier molecular flexibility index (Phi) is 5.49. The number of hydrogen-bond donors (Lipinski definition) is 0. The highest BCUT2D eigenvalue weighted by Gasteiger charge is 2.41. The molecule has 1 aromatic rings. The molecule has 1 aromatic heterocycles. The van der Waals surface area contributed by atoms with Gasteiger partial charge in [-0.15, -0.1) is 0 Å². The molecule has 4 rings (SSSR count). The fraction of sp³-hybridized carbons (Fsp3) is 0.773. The maximum absolute atomic E-state index is 11.5. The fourth-order valence-corrected chi connectivity index (χ4v) is 5.38. The molecule has 2 saturated heterocycles. The van der Waals surface area contributed by atoms with Crippen molar-refractivity contribution in [1.82, 2.24) is 14.9 Å². The molecule has 3 aliphatic rings. The quantitative estimate of drug-likeness (QED) is 0.794. The largest absolute Gasteiger partial charge is 0.332 e. The molecule has 3 heterocycles. The van der Waals surface area contributed by atoms with Crippen LogP contribution in [0.3, 0.4) is 0 Å². The van der Waals surface area contributed by atoms with Crippen LogP contribution >= 0.6 is 0 Å². The van der Waals surface area contributed by atoms with Crippen molar-refractivity contribution in [3.8, 4) is 0 Å². The predicted molar refractivity (Wildman–Crippen MR) is 108 cm³/mol. The molecule has 27 heavy (non-hydrogen) atoms. The van der Waals surface area contributed by atoms with Gasteiger partial charge in [-0.2, -0.15) is 0 Å². The molecular formula is C22H34N4O. The number of ketones is 1. The highest BCUT2D eigenvalue weighted by Crippen LogP contribution is 2.34. The van der Waals surface area contributed by atoms with Gasteiger partial charge in [-0.25, -0.2) is 9.97 Å². The molecule has 0 radical (unpaired) electrons. The van der Waals surface area contributed by atoms with Gasteiger partial charge in [-0.3, -0.25) is 9.69 Å². The van der Waals surface area contributed by atoms with Crippen LogP contribution in [0.2, 0.25) is 0 Å². The number of rotatable bonds is 5. The van der Waals surface area contributed by atoms with Crippen LogP contribution in [-0.2, 0) is 11.2 Å². The first-order chi connectivity index (χ1) is 13.0. The zero-order valence-electron chi connectivity index (χ0n) is 17.1. The summed E-state index contributed by atoms with van der Waals surface area (Å²) in [5, 5.41) is 0. The lowest BCUT2D eigenvalue weighted by Gasteiger charge is -2.42. The molecule has 5 nitrogen and oxygen atoms in total. The van der Waals surface area contributed by atoms with Gasteiger partial charge < -0.3 is 4.90 Å². The monoisotopic (exact) mass is 370 g/mol. The van der Waals surface area contributed by atoms with Crippen molar-refractivity contribution in [2.24, 2.45) is 11.8 Å². The number of aromatic nitrogens is 2. The molecule has 1 aliphatic carbocycles. The third-order valence-electron chi connectivity index (χ3n) is 7.11. The molecular weight excluding hydrogens is 336 g/mol. The van der Waals surface area contributed by atoms with Crippen molar-refractivity contribution < 1.29 is 4.79 Å². The van der Waals surface area contributed by atoms with Crippen molar-refractivity contribution in [2.75, 3.05) is 18.0 Å². The molecule has 2 aliphatic heterocycles. The lowest BCUT2D eigenvalue weighted by atomic mass is 9.78. The van der Waals surface area contributed by atoms with E-state index in [1.54, 1.807) is 6.92 Å². The Hall–Kier alpha value is -1.49. The van der Waals surface area contributed by atoms with Gasteiger partial charge in [0.05, 0.1) is 0 Å². The van der Waals surface area contributed by atoms with Gasteiger partial charge in [0.2, 0.25) is 5.95 Å². The van der Waals surface area contributed by atoms with Gasteiger partial charge in [0, 0.05) is 49.5 Å².